The van der Waals surface area contributed by atoms with E-state index in [9.17, 15) is 8.42 Å². The highest BCUT2D eigenvalue weighted by molar-refractivity contribution is 7.89. The van der Waals surface area contributed by atoms with Crippen molar-refractivity contribution in [2.45, 2.75) is 11.4 Å². The molecule has 2 aromatic carbocycles. The molecule has 21 heavy (non-hydrogen) atoms. The Morgan fingerprint density at radius 2 is 2.00 bits per heavy atom. The summed E-state index contributed by atoms with van der Waals surface area (Å²) >= 11 is 6.02. The Bertz CT molecular complexity index is 813. The predicted octanol–water partition coefficient (Wildman–Crippen LogP) is 2.47. The fraction of sp³-hybridized carbons (Fsp3) is 0.0714. The maximum absolute atomic E-state index is 11.3. The zero-order chi connectivity index (χ0) is 15.5. The zero-order valence-corrected chi connectivity index (χ0v) is 12.4. The molecule has 108 valence electrons. The summed E-state index contributed by atoms with van der Waals surface area (Å²) in [6, 6.07) is 13.3. The van der Waals surface area contributed by atoms with Crippen molar-refractivity contribution in [1.82, 2.24) is 0 Å². The van der Waals surface area contributed by atoms with Crippen LogP contribution in [0, 0.1) is 11.3 Å². The second kappa shape index (κ2) is 6.14. The topological polar surface area (TPSA) is 96.0 Å². The summed E-state index contributed by atoms with van der Waals surface area (Å²) in [5, 5.41) is 17.4. The van der Waals surface area contributed by atoms with E-state index in [1.54, 1.807) is 18.2 Å². The summed E-state index contributed by atoms with van der Waals surface area (Å²) in [6.07, 6.45) is 0. The molecule has 0 unspecified atom stereocenters. The lowest BCUT2D eigenvalue weighted by Gasteiger charge is -2.10. The number of halogens is 1. The molecule has 5 nitrogen and oxygen atoms in total. The van der Waals surface area contributed by atoms with Crippen LogP contribution in [0.4, 0.5) is 5.69 Å². The molecule has 0 saturated carbocycles. The second-order valence-corrected chi connectivity index (χ2v) is 6.32. The Labute approximate surface area is 128 Å². The normalized spacial score (nSPS) is 10.9. The van der Waals surface area contributed by atoms with Gasteiger partial charge in [-0.3, -0.25) is 0 Å². The van der Waals surface area contributed by atoms with E-state index in [0.717, 1.165) is 5.56 Å². The molecule has 0 heterocycles. The minimum Gasteiger partial charge on any atom is -0.380 e. The highest BCUT2D eigenvalue weighted by Gasteiger charge is 2.10. The van der Waals surface area contributed by atoms with Gasteiger partial charge in [0.2, 0.25) is 10.0 Å². The average Bonchev–Trinajstić information content (AvgIpc) is 2.45. The molecule has 0 aromatic heterocycles. The highest BCUT2D eigenvalue weighted by atomic mass is 35.5. The van der Waals surface area contributed by atoms with Crippen LogP contribution in [-0.2, 0) is 16.6 Å². The standard InChI is InChI=1S/C14H12ClN3O2S/c15-13-5-4-12(21(17,19)20)7-14(13)18-9-11-3-1-2-10(6-11)8-16/h1-7,18H,9H2,(H2,17,19,20). The minimum atomic E-state index is -3.78. The van der Waals surface area contributed by atoms with E-state index in [4.69, 9.17) is 22.0 Å². The number of nitrogens with one attached hydrogen (secondary N) is 1. The van der Waals surface area contributed by atoms with Crippen molar-refractivity contribution in [2.75, 3.05) is 5.32 Å². The lowest BCUT2D eigenvalue weighted by atomic mass is 10.1. The van der Waals surface area contributed by atoms with Crippen LogP contribution in [0.25, 0.3) is 0 Å². The number of nitrogens with two attached hydrogens (primary N) is 1. The van der Waals surface area contributed by atoms with Gasteiger partial charge in [-0.25, -0.2) is 13.6 Å². The maximum Gasteiger partial charge on any atom is 0.238 e. The molecular weight excluding hydrogens is 310 g/mol. The third-order valence-corrected chi connectivity index (χ3v) is 4.05. The van der Waals surface area contributed by atoms with Gasteiger partial charge in [-0.2, -0.15) is 5.26 Å². The fourth-order valence-corrected chi connectivity index (χ4v) is 2.49. The van der Waals surface area contributed by atoms with E-state index in [1.807, 2.05) is 6.07 Å². The van der Waals surface area contributed by atoms with E-state index in [0.29, 0.717) is 22.8 Å². The molecule has 0 spiro atoms. The summed E-state index contributed by atoms with van der Waals surface area (Å²) in [4.78, 5) is -0.0137. The molecule has 0 fully saturated rings. The summed E-state index contributed by atoms with van der Waals surface area (Å²) in [5.74, 6) is 0. The largest absolute Gasteiger partial charge is 0.380 e. The van der Waals surface area contributed by atoms with Gasteiger partial charge < -0.3 is 5.32 Å². The van der Waals surface area contributed by atoms with E-state index in [2.05, 4.69) is 11.4 Å². The second-order valence-electron chi connectivity index (χ2n) is 4.35. The Kier molecular flexibility index (Phi) is 4.48. The van der Waals surface area contributed by atoms with Gasteiger partial charge in [0.25, 0.3) is 0 Å². The maximum atomic E-state index is 11.3. The number of rotatable bonds is 4. The minimum absolute atomic E-state index is 0.0137. The summed E-state index contributed by atoms with van der Waals surface area (Å²) < 4.78 is 22.7. The first-order valence-electron chi connectivity index (χ1n) is 5.95. The molecule has 2 rings (SSSR count). The van der Waals surface area contributed by atoms with Crippen LogP contribution in [0.3, 0.4) is 0 Å². The van der Waals surface area contributed by atoms with Crippen LogP contribution in [0.2, 0.25) is 5.02 Å². The van der Waals surface area contributed by atoms with Gasteiger partial charge in [0, 0.05) is 6.54 Å². The summed E-state index contributed by atoms with van der Waals surface area (Å²) in [6.45, 7) is 0.406. The van der Waals surface area contributed by atoms with Crippen LogP contribution >= 0.6 is 11.6 Å². The van der Waals surface area contributed by atoms with Crippen LogP contribution in [-0.4, -0.2) is 8.42 Å². The Morgan fingerprint density at radius 3 is 2.67 bits per heavy atom. The third kappa shape index (κ3) is 3.95. The number of primary sulfonamides is 1. The first-order valence-corrected chi connectivity index (χ1v) is 7.88. The van der Waals surface area contributed by atoms with Gasteiger partial charge in [0.1, 0.15) is 0 Å². The van der Waals surface area contributed by atoms with E-state index in [1.165, 1.54) is 18.2 Å². The summed E-state index contributed by atoms with van der Waals surface area (Å²) in [7, 11) is -3.78. The number of benzene rings is 2. The van der Waals surface area contributed by atoms with Gasteiger partial charge in [-0.15, -0.1) is 0 Å². The SMILES string of the molecule is N#Cc1cccc(CNc2cc(S(N)(=O)=O)ccc2Cl)c1. The molecule has 0 aliphatic heterocycles. The highest BCUT2D eigenvalue weighted by Crippen LogP contribution is 2.25. The molecule has 0 amide bonds. The molecule has 0 atom stereocenters. The molecule has 0 bridgehead atoms. The molecule has 0 radical (unpaired) electrons. The molecule has 0 saturated heterocycles. The monoisotopic (exact) mass is 321 g/mol. The first kappa shape index (κ1) is 15.3. The number of nitriles is 1. The van der Waals surface area contributed by atoms with Gasteiger partial charge in [-0.1, -0.05) is 23.7 Å². The van der Waals surface area contributed by atoms with Crippen LogP contribution in [0.5, 0.6) is 0 Å². The zero-order valence-electron chi connectivity index (χ0n) is 10.9. The van der Waals surface area contributed by atoms with Gasteiger partial charge in [0.05, 0.1) is 27.2 Å². The molecule has 7 heteroatoms. The van der Waals surface area contributed by atoms with Crippen molar-refractivity contribution in [3.63, 3.8) is 0 Å². The van der Waals surface area contributed by atoms with Crippen LogP contribution in [0.15, 0.2) is 47.4 Å². The number of anilines is 1. The van der Waals surface area contributed by atoms with Crippen molar-refractivity contribution >= 4 is 27.3 Å². The fourth-order valence-electron chi connectivity index (χ4n) is 1.76. The van der Waals surface area contributed by atoms with E-state index in [-0.39, 0.29) is 4.90 Å². The van der Waals surface area contributed by atoms with Crippen molar-refractivity contribution in [3.8, 4) is 6.07 Å². The molecule has 2 aromatic rings. The van der Waals surface area contributed by atoms with E-state index >= 15 is 0 Å². The van der Waals surface area contributed by atoms with Crippen LogP contribution < -0.4 is 10.5 Å². The Balaban J connectivity index is 2.22. The summed E-state index contributed by atoms with van der Waals surface area (Å²) in [5.41, 5.74) is 1.90. The van der Waals surface area contributed by atoms with Crippen molar-refractivity contribution in [3.05, 3.63) is 58.6 Å². The number of sulfonamides is 1. The molecule has 0 aliphatic rings. The van der Waals surface area contributed by atoms with Crippen LogP contribution in [0.1, 0.15) is 11.1 Å². The number of nitrogens with zero attached hydrogens (tertiary/aromatic N) is 1. The molecule has 3 N–H and O–H groups in total. The first-order chi connectivity index (χ1) is 9.90. The number of hydrogen-bond donors (Lipinski definition) is 2. The van der Waals surface area contributed by atoms with Gasteiger partial charge in [-0.05, 0) is 35.9 Å². The third-order valence-electron chi connectivity index (χ3n) is 2.81. The Morgan fingerprint density at radius 1 is 1.24 bits per heavy atom. The predicted molar refractivity (Wildman–Crippen MR) is 81.3 cm³/mol. The lowest BCUT2D eigenvalue weighted by Crippen LogP contribution is -2.12. The van der Waals surface area contributed by atoms with E-state index < -0.39 is 10.0 Å². The van der Waals surface area contributed by atoms with Crippen molar-refractivity contribution in [1.29, 1.82) is 5.26 Å². The van der Waals surface area contributed by atoms with Gasteiger partial charge in [0.15, 0.2) is 0 Å². The lowest BCUT2D eigenvalue weighted by molar-refractivity contribution is 0.598. The average molecular weight is 322 g/mol. The Hall–Kier alpha value is -2.07. The quantitative estimate of drug-likeness (QED) is 0.904. The van der Waals surface area contributed by atoms with Gasteiger partial charge >= 0.3 is 0 Å². The smallest absolute Gasteiger partial charge is 0.238 e. The van der Waals surface area contributed by atoms with Crippen molar-refractivity contribution < 1.29 is 8.42 Å². The number of hydrogen-bond acceptors (Lipinski definition) is 4. The molecular formula is C14H12ClN3O2S. The van der Waals surface area contributed by atoms with Crippen molar-refractivity contribution in [2.24, 2.45) is 5.14 Å². The molecule has 0 aliphatic carbocycles.